The summed E-state index contributed by atoms with van der Waals surface area (Å²) in [5.41, 5.74) is -0.0885. The van der Waals surface area contributed by atoms with Crippen molar-refractivity contribution in [3.05, 3.63) is 47.5 Å². The number of rotatable bonds is 7. The summed E-state index contributed by atoms with van der Waals surface area (Å²) in [4.78, 5) is 13.9. The van der Waals surface area contributed by atoms with E-state index >= 15 is 0 Å². The maximum Gasteiger partial charge on any atom is 0.191 e. The maximum absolute atomic E-state index is 10.7. The number of piperazine rings is 1. The molecule has 31 heavy (non-hydrogen) atoms. The molecule has 0 amide bonds. The molecule has 0 bridgehead atoms. The van der Waals surface area contributed by atoms with E-state index in [0.29, 0.717) is 18.3 Å². The van der Waals surface area contributed by atoms with Crippen LogP contribution in [0.3, 0.4) is 0 Å². The van der Waals surface area contributed by atoms with Crippen LogP contribution in [0.1, 0.15) is 30.9 Å². The second-order valence-electron chi connectivity index (χ2n) is 8.05. The van der Waals surface area contributed by atoms with Gasteiger partial charge in [-0.1, -0.05) is 6.07 Å². The molecule has 1 unspecified atom stereocenters. The van der Waals surface area contributed by atoms with Crippen molar-refractivity contribution in [3.8, 4) is 0 Å². The summed E-state index contributed by atoms with van der Waals surface area (Å²) in [6, 6.07) is 7.80. The molecule has 1 aliphatic rings. The average Bonchev–Trinajstić information content (AvgIpc) is 3.18. The number of guanidine groups is 1. The molecule has 0 saturated carbocycles. The number of aryl methyl sites for hydroxylation is 1. The van der Waals surface area contributed by atoms with E-state index in [1.54, 1.807) is 13.0 Å². The monoisotopic (exact) mass is 542 g/mol. The lowest BCUT2D eigenvalue weighted by Gasteiger charge is -2.33. The van der Waals surface area contributed by atoms with Gasteiger partial charge in [0.2, 0.25) is 0 Å². The number of likely N-dealkylation sites (N-methyl/N-ethyl adjacent to an activating group) is 1. The lowest BCUT2D eigenvalue weighted by Crippen LogP contribution is -2.44. The SMILES string of the molecule is CCNC(=NCc1ccc(N2CCN(C)CC2)nc1)NCC(C)(O)c1ccc(C)o1.I. The Morgan fingerprint density at radius 2 is 1.94 bits per heavy atom. The van der Waals surface area contributed by atoms with E-state index in [-0.39, 0.29) is 30.5 Å². The van der Waals surface area contributed by atoms with E-state index < -0.39 is 5.60 Å². The zero-order chi connectivity index (χ0) is 21.6. The Hall–Kier alpha value is -1.85. The van der Waals surface area contributed by atoms with Crippen molar-refractivity contribution in [3.63, 3.8) is 0 Å². The number of halogens is 1. The highest BCUT2D eigenvalue weighted by atomic mass is 127. The second kappa shape index (κ2) is 11.7. The standard InChI is InChI=1S/C22H34N6O2.HI/c1-5-23-21(26-16-22(3,29)19-8-6-17(2)30-19)25-15-18-7-9-20(24-14-18)28-12-10-27(4)11-13-28;/h6-9,14,29H,5,10-13,15-16H2,1-4H3,(H2,23,25,26);1H. The predicted octanol–water partition coefficient (Wildman–Crippen LogP) is 2.32. The Kier molecular flexibility index (Phi) is 9.57. The predicted molar refractivity (Wildman–Crippen MR) is 135 cm³/mol. The molecule has 172 valence electrons. The number of furan rings is 1. The smallest absolute Gasteiger partial charge is 0.191 e. The molecule has 1 atom stereocenters. The molecule has 9 heteroatoms. The van der Waals surface area contributed by atoms with Gasteiger partial charge >= 0.3 is 0 Å². The van der Waals surface area contributed by atoms with Crippen molar-refractivity contribution < 1.29 is 9.52 Å². The van der Waals surface area contributed by atoms with Gasteiger partial charge in [0.25, 0.3) is 0 Å². The summed E-state index contributed by atoms with van der Waals surface area (Å²) in [6.45, 7) is 11.3. The van der Waals surface area contributed by atoms with Crippen LogP contribution in [0, 0.1) is 6.92 Å². The van der Waals surface area contributed by atoms with Crippen molar-refractivity contribution in [2.45, 2.75) is 32.9 Å². The van der Waals surface area contributed by atoms with E-state index in [1.807, 2.05) is 26.1 Å². The third-order valence-corrected chi connectivity index (χ3v) is 5.27. The van der Waals surface area contributed by atoms with Crippen LogP contribution in [-0.2, 0) is 12.1 Å². The molecular formula is C22H35IN6O2. The van der Waals surface area contributed by atoms with Gasteiger partial charge in [-0.2, -0.15) is 0 Å². The van der Waals surface area contributed by atoms with E-state index in [2.05, 4.69) is 49.6 Å². The first-order chi connectivity index (χ1) is 14.4. The van der Waals surface area contributed by atoms with Gasteiger partial charge < -0.3 is 30.0 Å². The van der Waals surface area contributed by atoms with E-state index in [4.69, 9.17) is 4.42 Å². The number of pyridine rings is 1. The van der Waals surface area contributed by atoms with Gasteiger partial charge in [-0.3, -0.25) is 0 Å². The summed E-state index contributed by atoms with van der Waals surface area (Å²) < 4.78 is 5.57. The number of aromatic nitrogens is 1. The Bertz CT molecular complexity index is 829. The Labute approximate surface area is 202 Å². The highest BCUT2D eigenvalue weighted by Gasteiger charge is 2.27. The molecule has 3 heterocycles. The number of nitrogens with zero attached hydrogens (tertiary/aromatic N) is 4. The topological polar surface area (TPSA) is 89.2 Å². The van der Waals surface area contributed by atoms with Crippen molar-refractivity contribution in [2.24, 2.45) is 4.99 Å². The normalized spacial score (nSPS) is 17.1. The molecular weight excluding hydrogens is 507 g/mol. The minimum Gasteiger partial charge on any atom is -0.463 e. The van der Waals surface area contributed by atoms with Gasteiger partial charge in [-0.15, -0.1) is 24.0 Å². The molecule has 1 saturated heterocycles. The van der Waals surface area contributed by atoms with E-state index in [0.717, 1.165) is 49.9 Å². The fourth-order valence-corrected chi connectivity index (χ4v) is 3.31. The molecule has 2 aromatic rings. The molecule has 1 fully saturated rings. The van der Waals surface area contributed by atoms with Crippen molar-refractivity contribution in [1.29, 1.82) is 0 Å². The van der Waals surface area contributed by atoms with Crippen molar-refractivity contribution in [1.82, 2.24) is 20.5 Å². The lowest BCUT2D eigenvalue weighted by atomic mass is 10.0. The van der Waals surface area contributed by atoms with Gasteiger partial charge in [-0.25, -0.2) is 9.98 Å². The van der Waals surface area contributed by atoms with Gasteiger partial charge in [0, 0.05) is 38.9 Å². The molecule has 8 nitrogen and oxygen atoms in total. The summed E-state index contributed by atoms with van der Waals surface area (Å²) >= 11 is 0. The zero-order valence-electron chi connectivity index (χ0n) is 18.9. The number of nitrogens with one attached hydrogen (secondary N) is 2. The highest BCUT2D eigenvalue weighted by molar-refractivity contribution is 14.0. The Balaban J connectivity index is 0.00000341. The Morgan fingerprint density at radius 3 is 2.52 bits per heavy atom. The van der Waals surface area contributed by atoms with Crippen molar-refractivity contribution in [2.75, 3.05) is 51.2 Å². The van der Waals surface area contributed by atoms with Crippen LogP contribution in [-0.4, -0.2) is 67.3 Å². The molecule has 0 radical (unpaired) electrons. The van der Waals surface area contributed by atoms with Gasteiger partial charge in [0.05, 0.1) is 13.1 Å². The second-order valence-corrected chi connectivity index (χ2v) is 8.05. The summed E-state index contributed by atoms with van der Waals surface area (Å²) in [5.74, 6) is 2.97. The fraction of sp³-hybridized carbons (Fsp3) is 0.545. The van der Waals surface area contributed by atoms with E-state index in [9.17, 15) is 5.11 Å². The minimum absolute atomic E-state index is 0. The number of anilines is 1. The van der Waals surface area contributed by atoms with Gasteiger partial charge in [0.15, 0.2) is 5.96 Å². The van der Waals surface area contributed by atoms with Crippen LogP contribution in [0.4, 0.5) is 5.82 Å². The average molecular weight is 542 g/mol. The number of aliphatic imine (C=N–C) groups is 1. The number of hydrogen-bond acceptors (Lipinski definition) is 6. The summed E-state index contributed by atoms with van der Waals surface area (Å²) in [7, 11) is 2.15. The van der Waals surface area contributed by atoms with Crippen LogP contribution in [0.15, 0.2) is 39.9 Å². The molecule has 0 spiro atoms. The molecule has 0 aliphatic carbocycles. The molecule has 3 rings (SSSR count). The number of aliphatic hydroxyl groups is 1. The van der Waals surface area contributed by atoms with Crippen LogP contribution in [0.25, 0.3) is 0 Å². The zero-order valence-corrected chi connectivity index (χ0v) is 21.2. The third-order valence-electron chi connectivity index (χ3n) is 5.27. The third kappa shape index (κ3) is 7.36. The number of hydrogen-bond donors (Lipinski definition) is 3. The molecule has 1 aliphatic heterocycles. The first-order valence-electron chi connectivity index (χ1n) is 10.6. The van der Waals surface area contributed by atoms with Gasteiger partial charge in [-0.05, 0) is 51.6 Å². The largest absolute Gasteiger partial charge is 0.463 e. The van der Waals surface area contributed by atoms with Crippen molar-refractivity contribution >= 4 is 35.8 Å². The molecule has 2 aromatic heterocycles. The van der Waals surface area contributed by atoms with Crippen LogP contribution < -0.4 is 15.5 Å². The molecule has 3 N–H and O–H groups in total. The molecule has 0 aromatic carbocycles. The van der Waals surface area contributed by atoms with Crippen LogP contribution >= 0.6 is 24.0 Å². The minimum atomic E-state index is -1.13. The summed E-state index contributed by atoms with van der Waals surface area (Å²) in [6.07, 6.45) is 1.89. The van der Waals surface area contributed by atoms with Crippen LogP contribution in [0.5, 0.6) is 0 Å². The lowest BCUT2D eigenvalue weighted by molar-refractivity contribution is 0.0378. The van der Waals surface area contributed by atoms with E-state index in [1.165, 1.54) is 0 Å². The van der Waals surface area contributed by atoms with Gasteiger partial charge in [0.1, 0.15) is 22.9 Å². The quantitative estimate of drug-likeness (QED) is 0.281. The Morgan fingerprint density at radius 1 is 1.19 bits per heavy atom. The maximum atomic E-state index is 10.7. The fourth-order valence-electron chi connectivity index (χ4n) is 3.31. The summed E-state index contributed by atoms with van der Waals surface area (Å²) in [5, 5.41) is 17.1. The first-order valence-corrected chi connectivity index (χ1v) is 10.6. The first kappa shape index (κ1) is 25.4. The van der Waals surface area contributed by atoms with Crippen LogP contribution in [0.2, 0.25) is 0 Å². The highest BCUT2D eigenvalue weighted by Crippen LogP contribution is 2.22.